The highest BCUT2D eigenvalue weighted by molar-refractivity contribution is 5.90. The number of halogens is 3. The SMILES string of the molecule is C[C@@H](NC(=O)Nc1ccc(N2CCOCC2)cc1C(F)(F)F)[C@H]1CCCO1. The van der Waals surface area contributed by atoms with Crippen molar-refractivity contribution >= 4 is 17.4 Å². The van der Waals surface area contributed by atoms with Gasteiger partial charge in [0.1, 0.15) is 0 Å². The third-order valence-corrected chi connectivity index (χ3v) is 4.81. The van der Waals surface area contributed by atoms with Gasteiger partial charge in [0.2, 0.25) is 0 Å². The molecule has 2 aliphatic rings. The highest BCUT2D eigenvalue weighted by atomic mass is 19.4. The Morgan fingerprint density at radius 3 is 2.63 bits per heavy atom. The number of anilines is 2. The third kappa shape index (κ3) is 5.04. The van der Waals surface area contributed by atoms with Crippen LogP contribution in [-0.2, 0) is 15.7 Å². The van der Waals surface area contributed by atoms with E-state index < -0.39 is 17.8 Å². The van der Waals surface area contributed by atoms with Gasteiger partial charge < -0.3 is 25.0 Å². The van der Waals surface area contributed by atoms with Crippen LogP contribution < -0.4 is 15.5 Å². The second-order valence-electron chi connectivity index (χ2n) is 6.77. The normalized spacial score (nSPS) is 21.8. The molecular formula is C18H24F3N3O3. The second kappa shape index (κ2) is 8.35. The van der Waals surface area contributed by atoms with Crippen LogP contribution in [0.25, 0.3) is 0 Å². The second-order valence-corrected chi connectivity index (χ2v) is 6.77. The van der Waals surface area contributed by atoms with Gasteiger partial charge in [-0.15, -0.1) is 0 Å². The highest BCUT2D eigenvalue weighted by Gasteiger charge is 2.35. The van der Waals surface area contributed by atoms with E-state index in [9.17, 15) is 18.0 Å². The van der Waals surface area contributed by atoms with Crippen molar-refractivity contribution in [2.75, 3.05) is 43.1 Å². The number of nitrogens with zero attached hydrogens (tertiary/aromatic N) is 1. The standard InChI is InChI=1S/C18H24F3N3O3/c1-12(16-3-2-8-27-16)22-17(25)23-15-5-4-13(11-14(15)18(19,20)21)24-6-9-26-10-7-24/h4-5,11-12,16H,2-3,6-10H2,1H3,(H2,22,23,25)/t12-,16-/m1/s1. The summed E-state index contributed by atoms with van der Waals surface area (Å²) in [6.07, 6.45) is -2.95. The zero-order valence-corrected chi connectivity index (χ0v) is 15.1. The molecule has 0 saturated carbocycles. The van der Waals surface area contributed by atoms with Gasteiger partial charge in [0.15, 0.2) is 0 Å². The molecule has 9 heteroatoms. The number of carbonyl (C=O) groups excluding carboxylic acids is 1. The molecular weight excluding hydrogens is 363 g/mol. The van der Waals surface area contributed by atoms with Crippen LogP contribution in [0.3, 0.4) is 0 Å². The molecule has 2 atom stereocenters. The lowest BCUT2D eigenvalue weighted by Crippen LogP contribution is -2.43. The minimum absolute atomic E-state index is 0.110. The van der Waals surface area contributed by atoms with E-state index in [1.807, 2.05) is 4.90 Å². The van der Waals surface area contributed by atoms with E-state index in [0.717, 1.165) is 18.9 Å². The summed E-state index contributed by atoms with van der Waals surface area (Å²) >= 11 is 0. The molecule has 2 saturated heterocycles. The summed E-state index contributed by atoms with van der Waals surface area (Å²) in [7, 11) is 0. The number of alkyl halides is 3. The smallest absolute Gasteiger partial charge is 0.378 e. The molecule has 150 valence electrons. The topological polar surface area (TPSA) is 62.8 Å². The van der Waals surface area contributed by atoms with Gasteiger partial charge in [0, 0.05) is 25.4 Å². The van der Waals surface area contributed by atoms with Crippen molar-refractivity contribution in [3.05, 3.63) is 23.8 Å². The van der Waals surface area contributed by atoms with Gasteiger partial charge in [0.25, 0.3) is 0 Å². The van der Waals surface area contributed by atoms with Gasteiger partial charge in [0.05, 0.1) is 36.6 Å². The van der Waals surface area contributed by atoms with Crippen molar-refractivity contribution in [2.24, 2.45) is 0 Å². The predicted molar refractivity (Wildman–Crippen MR) is 95.1 cm³/mol. The van der Waals surface area contributed by atoms with Crippen LogP contribution in [0.1, 0.15) is 25.3 Å². The van der Waals surface area contributed by atoms with E-state index in [0.29, 0.717) is 38.6 Å². The molecule has 2 fully saturated rings. The maximum Gasteiger partial charge on any atom is 0.418 e. The summed E-state index contributed by atoms with van der Waals surface area (Å²) in [5.74, 6) is 0. The lowest BCUT2D eigenvalue weighted by molar-refractivity contribution is -0.136. The van der Waals surface area contributed by atoms with Gasteiger partial charge >= 0.3 is 12.2 Å². The molecule has 0 aromatic heterocycles. The van der Waals surface area contributed by atoms with Crippen LogP contribution in [0.5, 0.6) is 0 Å². The Kier molecular flexibility index (Phi) is 6.11. The molecule has 0 aliphatic carbocycles. The minimum Gasteiger partial charge on any atom is -0.378 e. The first-order valence-corrected chi connectivity index (χ1v) is 9.07. The van der Waals surface area contributed by atoms with Crippen molar-refractivity contribution in [3.63, 3.8) is 0 Å². The maximum absolute atomic E-state index is 13.5. The number of hydrogen-bond donors (Lipinski definition) is 2. The molecule has 0 radical (unpaired) electrons. The first-order chi connectivity index (χ1) is 12.8. The van der Waals surface area contributed by atoms with Crippen molar-refractivity contribution in [3.8, 4) is 0 Å². The summed E-state index contributed by atoms with van der Waals surface area (Å²) in [6.45, 7) is 4.43. The first kappa shape index (κ1) is 19.8. The van der Waals surface area contributed by atoms with E-state index in [1.165, 1.54) is 6.07 Å². The third-order valence-electron chi connectivity index (χ3n) is 4.81. The number of rotatable bonds is 4. The summed E-state index contributed by atoms with van der Waals surface area (Å²) < 4.78 is 51.3. The van der Waals surface area contributed by atoms with Gasteiger partial charge in [-0.25, -0.2) is 4.79 Å². The van der Waals surface area contributed by atoms with Crippen molar-refractivity contribution < 1.29 is 27.4 Å². The van der Waals surface area contributed by atoms with Crippen LogP contribution >= 0.6 is 0 Å². The molecule has 0 unspecified atom stereocenters. The van der Waals surface area contributed by atoms with E-state index in [2.05, 4.69) is 10.6 Å². The van der Waals surface area contributed by atoms with E-state index >= 15 is 0 Å². The quantitative estimate of drug-likeness (QED) is 0.833. The van der Waals surface area contributed by atoms with Crippen molar-refractivity contribution in [2.45, 2.75) is 38.1 Å². The number of morpholine rings is 1. The zero-order valence-electron chi connectivity index (χ0n) is 15.1. The van der Waals surface area contributed by atoms with Crippen LogP contribution in [0, 0.1) is 0 Å². The number of ether oxygens (including phenoxy) is 2. The molecule has 0 spiro atoms. The number of carbonyl (C=O) groups is 1. The van der Waals surface area contributed by atoms with Crippen LogP contribution in [-0.4, -0.2) is 51.1 Å². The fraction of sp³-hybridized carbons (Fsp3) is 0.611. The molecule has 2 amide bonds. The van der Waals surface area contributed by atoms with E-state index in [-0.39, 0.29) is 17.8 Å². The number of amides is 2. The number of urea groups is 1. The van der Waals surface area contributed by atoms with Crippen LogP contribution in [0.15, 0.2) is 18.2 Å². The van der Waals surface area contributed by atoms with Gasteiger partial charge in [-0.1, -0.05) is 0 Å². The number of nitrogens with one attached hydrogen (secondary N) is 2. The fourth-order valence-corrected chi connectivity index (χ4v) is 3.35. The predicted octanol–water partition coefficient (Wildman–Crippen LogP) is 3.23. The van der Waals surface area contributed by atoms with Crippen molar-refractivity contribution in [1.29, 1.82) is 0 Å². The summed E-state index contributed by atoms with van der Waals surface area (Å²) in [5.41, 5.74) is -0.674. The van der Waals surface area contributed by atoms with Gasteiger partial charge in [-0.2, -0.15) is 13.2 Å². The van der Waals surface area contributed by atoms with E-state index in [4.69, 9.17) is 9.47 Å². The molecule has 1 aromatic carbocycles. The maximum atomic E-state index is 13.5. The Morgan fingerprint density at radius 2 is 2.00 bits per heavy atom. The number of hydrogen-bond acceptors (Lipinski definition) is 4. The molecule has 2 aliphatic heterocycles. The monoisotopic (exact) mass is 387 g/mol. The Bertz CT molecular complexity index is 657. The molecule has 6 nitrogen and oxygen atoms in total. The Balaban J connectivity index is 1.72. The summed E-state index contributed by atoms with van der Waals surface area (Å²) in [4.78, 5) is 14.0. The number of benzene rings is 1. The fourth-order valence-electron chi connectivity index (χ4n) is 3.35. The zero-order chi connectivity index (χ0) is 19.4. The molecule has 2 heterocycles. The molecule has 0 bridgehead atoms. The first-order valence-electron chi connectivity index (χ1n) is 9.07. The molecule has 2 N–H and O–H groups in total. The Hall–Kier alpha value is -2.00. The molecule has 27 heavy (non-hydrogen) atoms. The average Bonchev–Trinajstić information content (AvgIpc) is 3.16. The Labute approximate surface area is 156 Å². The molecule has 1 aromatic rings. The van der Waals surface area contributed by atoms with Crippen LogP contribution in [0.4, 0.5) is 29.3 Å². The largest absolute Gasteiger partial charge is 0.418 e. The van der Waals surface area contributed by atoms with Gasteiger partial charge in [-0.05, 0) is 38.0 Å². The molecule has 3 rings (SSSR count). The lowest BCUT2D eigenvalue weighted by Gasteiger charge is -2.30. The summed E-state index contributed by atoms with van der Waals surface area (Å²) in [6, 6.07) is 2.99. The van der Waals surface area contributed by atoms with Crippen LogP contribution in [0.2, 0.25) is 0 Å². The summed E-state index contributed by atoms with van der Waals surface area (Å²) in [5, 5.41) is 4.99. The van der Waals surface area contributed by atoms with E-state index in [1.54, 1.807) is 13.0 Å². The van der Waals surface area contributed by atoms with Gasteiger partial charge in [-0.3, -0.25) is 0 Å². The average molecular weight is 387 g/mol. The van der Waals surface area contributed by atoms with Crippen molar-refractivity contribution in [1.82, 2.24) is 5.32 Å². The lowest BCUT2D eigenvalue weighted by atomic mass is 10.1. The minimum atomic E-state index is -4.58. The Morgan fingerprint density at radius 1 is 1.26 bits per heavy atom. The highest BCUT2D eigenvalue weighted by Crippen LogP contribution is 2.37.